The van der Waals surface area contributed by atoms with Crippen LogP contribution in [0.15, 0.2) is 34.9 Å². The van der Waals surface area contributed by atoms with Crippen LogP contribution in [0.1, 0.15) is 23.9 Å². The maximum Gasteiger partial charge on any atom is 0.232 e. The Labute approximate surface area is 133 Å². The molecule has 1 aromatic heterocycles. The predicted molar refractivity (Wildman–Crippen MR) is 85.1 cm³/mol. The fraction of sp³-hybridized carbons (Fsp3) is 0.375. The van der Waals surface area contributed by atoms with Gasteiger partial charge in [-0.25, -0.2) is 4.39 Å². The Morgan fingerprint density at radius 2 is 2.14 bits per heavy atom. The summed E-state index contributed by atoms with van der Waals surface area (Å²) in [5.74, 6) is 1.13. The van der Waals surface area contributed by atoms with E-state index in [-0.39, 0.29) is 17.0 Å². The number of carbonyl (C=O) groups is 1. The first-order valence-corrected chi connectivity index (χ1v) is 8.15. The van der Waals surface area contributed by atoms with E-state index in [1.54, 1.807) is 12.1 Å². The summed E-state index contributed by atoms with van der Waals surface area (Å²) in [7, 11) is 0. The van der Waals surface area contributed by atoms with Crippen LogP contribution in [0, 0.1) is 12.7 Å². The Kier molecular flexibility index (Phi) is 6.00. The SMILES string of the molecule is Cc1cc(CSC(C)C(=O)NCCc2ccc(F)cc2)on1. The number of benzene rings is 1. The van der Waals surface area contributed by atoms with Gasteiger partial charge in [0, 0.05) is 12.6 Å². The van der Waals surface area contributed by atoms with Crippen LogP contribution in [0.5, 0.6) is 0 Å². The van der Waals surface area contributed by atoms with Gasteiger partial charge in [-0.1, -0.05) is 17.3 Å². The largest absolute Gasteiger partial charge is 0.360 e. The number of aryl methyl sites for hydroxylation is 1. The Bertz CT molecular complexity index is 613. The molecule has 1 atom stereocenters. The minimum Gasteiger partial charge on any atom is -0.360 e. The molecule has 0 radical (unpaired) electrons. The quantitative estimate of drug-likeness (QED) is 0.851. The van der Waals surface area contributed by atoms with Crippen molar-refractivity contribution in [3.63, 3.8) is 0 Å². The second-order valence-electron chi connectivity index (χ2n) is 5.06. The van der Waals surface area contributed by atoms with Crippen molar-refractivity contribution in [1.82, 2.24) is 10.5 Å². The molecule has 0 aliphatic rings. The molecule has 0 aliphatic carbocycles. The lowest BCUT2D eigenvalue weighted by Gasteiger charge is -2.11. The molecule has 0 fully saturated rings. The van der Waals surface area contributed by atoms with Crippen LogP contribution < -0.4 is 5.32 Å². The van der Waals surface area contributed by atoms with Crippen molar-refractivity contribution >= 4 is 17.7 Å². The molecular formula is C16H19FN2O2S. The van der Waals surface area contributed by atoms with Crippen molar-refractivity contribution in [3.05, 3.63) is 53.2 Å². The van der Waals surface area contributed by atoms with Gasteiger partial charge in [0.25, 0.3) is 0 Å². The highest BCUT2D eigenvalue weighted by atomic mass is 32.2. The molecule has 0 spiro atoms. The lowest BCUT2D eigenvalue weighted by atomic mass is 10.1. The van der Waals surface area contributed by atoms with E-state index < -0.39 is 0 Å². The van der Waals surface area contributed by atoms with Gasteiger partial charge in [0.05, 0.1) is 16.7 Å². The van der Waals surface area contributed by atoms with E-state index in [0.717, 1.165) is 17.0 Å². The highest BCUT2D eigenvalue weighted by Crippen LogP contribution is 2.18. The molecule has 1 heterocycles. The number of aromatic nitrogens is 1. The van der Waals surface area contributed by atoms with Crippen LogP contribution in [0.4, 0.5) is 4.39 Å². The molecule has 22 heavy (non-hydrogen) atoms. The van der Waals surface area contributed by atoms with Gasteiger partial charge in [0.15, 0.2) is 0 Å². The normalized spacial score (nSPS) is 12.1. The minimum atomic E-state index is -0.250. The molecule has 4 nitrogen and oxygen atoms in total. The zero-order valence-corrected chi connectivity index (χ0v) is 13.5. The minimum absolute atomic E-state index is 0.0108. The van der Waals surface area contributed by atoms with Crippen molar-refractivity contribution in [1.29, 1.82) is 0 Å². The van der Waals surface area contributed by atoms with Gasteiger partial charge in [-0.15, -0.1) is 11.8 Å². The van der Waals surface area contributed by atoms with Gasteiger partial charge in [0.2, 0.25) is 5.91 Å². The Morgan fingerprint density at radius 3 is 2.77 bits per heavy atom. The smallest absolute Gasteiger partial charge is 0.232 e. The van der Waals surface area contributed by atoms with E-state index in [9.17, 15) is 9.18 Å². The van der Waals surface area contributed by atoms with Crippen LogP contribution in [0.2, 0.25) is 0 Å². The summed E-state index contributed by atoms with van der Waals surface area (Å²) in [6.45, 7) is 4.27. The van der Waals surface area contributed by atoms with E-state index in [1.807, 2.05) is 19.9 Å². The van der Waals surface area contributed by atoms with Gasteiger partial charge in [-0.3, -0.25) is 4.79 Å². The third-order valence-corrected chi connectivity index (χ3v) is 4.31. The highest BCUT2D eigenvalue weighted by Gasteiger charge is 2.14. The summed E-state index contributed by atoms with van der Waals surface area (Å²) in [4.78, 5) is 12.0. The number of nitrogens with one attached hydrogen (secondary N) is 1. The summed E-state index contributed by atoms with van der Waals surface area (Å²) in [6, 6.07) is 8.17. The van der Waals surface area contributed by atoms with Crippen molar-refractivity contribution in [2.24, 2.45) is 0 Å². The van der Waals surface area contributed by atoms with E-state index in [0.29, 0.717) is 18.7 Å². The van der Waals surface area contributed by atoms with Crippen LogP contribution in [-0.4, -0.2) is 22.9 Å². The molecule has 0 bridgehead atoms. The molecule has 2 rings (SSSR count). The average Bonchev–Trinajstić information content (AvgIpc) is 2.92. The maximum absolute atomic E-state index is 12.8. The standard InChI is InChI=1S/C16H19FN2O2S/c1-11-9-15(21-19-11)10-22-12(2)16(20)18-8-7-13-3-5-14(17)6-4-13/h3-6,9,12H,7-8,10H2,1-2H3,(H,18,20). The summed E-state index contributed by atoms with van der Waals surface area (Å²) in [5, 5.41) is 6.53. The number of thioether (sulfide) groups is 1. The molecule has 0 aliphatic heterocycles. The number of halogens is 1. The molecule has 0 saturated carbocycles. The second kappa shape index (κ2) is 7.98. The number of rotatable bonds is 7. The van der Waals surface area contributed by atoms with Gasteiger partial charge < -0.3 is 9.84 Å². The average molecular weight is 322 g/mol. The first-order chi connectivity index (χ1) is 10.5. The number of amides is 1. The second-order valence-corrected chi connectivity index (χ2v) is 6.38. The first kappa shape index (κ1) is 16.5. The van der Waals surface area contributed by atoms with E-state index in [4.69, 9.17) is 4.52 Å². The molecule has 1 aromatic carbocycles. The van der Waals surface area contributed by atoms with Crippen molar-refractivity contribution < 1.29 is 13.7 Å². The molecule has 6 heteroatoms. The number of hydrogen-bond donors (Lipinski definition) is 1. The third kappa shape index (κ3) is 5.18. The molecular weight excluding hydrogens is 303 g/mol. The van der Waals surface area contributed by atoms with Crippen LogP contribution in [-0.2, 0) is 17.0 Å². The number of hydrogen-bond acceptors (Lipinski definition) is 4. The Hall–Kier alpha value is -1.82. The molecule has 1 amide bonds. The Morgan fingerprint density at radius 1 is 1.41 bits per heavy atom. The van der Waals surface area contributed by atoms with E-state index in [2.05, 4.69) is 10.5 Å². The predicted octanol–water partition coefficient (Wildman–Crippen LogP) is 3.10. The lowest BCUT2D eigenvalue weighted by Crippen LogP contribution is -2.32. The van der Waals surface area contributed by atoms with E-state index >= 15 is 0 Å². The fourth-order valence-corrected chi connectivity index (χ4v) is 2.68. The lowest BCUT2D eigenvalue weighted by molar-refractivity contribution is -0.120. The molecule has 1 N–H and O–H groups in total. The van der Waals surface area contributed by atoms with Crippen LogP contribution in [0.25, 0.3) is 0 Å². The van der Waals surface area contributed by atoms with Gasteiger partial charge in [0.1, 0.15) is 11.6 Å². The summed E-state index contributed by atoms with van der Waals surface area (Å²) in [5.41, 5.74) is 1.84. The zero-order chi connectivity index (χ0) is 15.9. The third-order valence-electron chi connectivity index (χ3n) is 3.15. The van der Waals surface area contributed by atoms with Crippen molar-refractivity contribution in [2.75, 3.05) is 6.54 Å². The topological polar surface area (TPSA) is 55.1 Å². The first-order valence-electron chi connectivity index (χ1n) is 7.10. The zero-order valence-electron chi connectivity index (χ0n) is 12.6. The number of carbonyl (C=O) groups excluding carboxylic acids is 1. The molecule has 118 valence electrons. The summed E-state index contributed by atoms with van der Waals surface area (Å²) in [6.07, 6.45) is 0.685. The number of nitrogens with zero attached hydrogens (tertiary/aromatic N) is 1. The van der Waals surface area contributed by atoms with Crippen LogP contribution >= 0.6 is 11.8 Å². The maximum atomic E-state index is 12.8. The molecule has 0 saturated heterocycles. The van der Waals surface area contributed by atoms with Crippen molar-refractivity contribution in [2.45, 2.75) is 31.3 Å². The molecule has 1 unspecified atom stereocenters. The highest BCUT2D eigenvalue weighted by molar-refractivity contribution is 7.99. The van der Waals surface area contributed by atoms with Gasteiger partial charge >= 0.3 is 0 Å². The summed E-state index contributed by atoms with van der Waals surface area (Å²) >= 11 is 1.50. The van der Waals surface area contributed by atoms with Gasteiger partial charge in [-0.05, 0) is 38.0 Å². The van der Waals surface area contributed by atoms with E-state index in [1.165, 1.54) is 23.9 Å². The van der Waals surface area contributed by atoms with Crippen molar-refractivity contribution in [3.8, 4) is 0 Å². The Balaban J connectivity index is 1.68. The monoisotopic (exact) mass is 322 g/mol. The summed E-state index contributed by atoms with van der Waals surface area (Å²) < 4.78 is 17.9. The van der Waals surface area contributed by atoms with Crippen LogP contribution in [0.3, 0.4) is 0 Å². The molecule has 2 aromatic rings. The fourth-order valence-electron chi connectivity index (χ4n) is 1.89. The van der Waals surface area contributed by atoms with Gasteiger partial charge in [-0.2, -0.15) is 0 Å².